The van der Waals surface area contributed by atoms with Crippen LogP contribution in [0.3, 0.4) is 0 Å². The molecule has 0 spiro atoms. The van der Waals surface area contributed by atoms with Gasteiger partial charge < -0.3 is 9.47 Å². The first kappa shape index (κ1) is 11.9. The van der Waals surface area contributed by atoms with Crippen LogP contribution in [0.15, 0.2) is 23.3 Å². The van der Waals surface area contributed by atoms with Gasteiger partial charge in [0.15, 0.2) is 6.73 Å². The molecule has 0 amide bonds. The SMILES string of the molecule is COc1cc(C(=O)OCN=[N+]=[N-])ccc1C. The van der Waals surface area contributed by atoms with E-state index in [0.717, 1.165) is 5.56 Å². The molecule has 0 atom stereocenters. The summed E-state index contributed by atoms with van der Waals surface area (Å²) in [6.45, 7) is 1.56. The smallest absolute Gasteiger partial charge is 0.338 e. The number of carbonyl (C=O) groups excluding carboxylic acids is 1. The molecular formula is C10H11N3O3. The fourth-order valence-corrected chi connectivity index (χ4v) is 1.14. The van der Waals surface area contributed by atoms with E-state index in [0.29, 0.717) is 11.3 Å². The Balaban J connectivity index is 2.79. The first-order chi connectivity index (χ1) is 7.69. The zero-order chi connectivity index (χ0) is 12.0. The first-order valence-corrected chi connectivity index (χ1v) is 4.51. The van der Waals surface area contributed by atoms with Crippen LogP contribution < -0.4 is 4.74 Å². The summed E-state index contributed by atoms with van der Waals surface area (Å²) in [5.74, 6) is 0.0592. The Bertz CT molecular complexity index is 439. The van der Waals surface area contributed by atoms with E-state index in [1.165, 1.54) is 7.11 Å². The normalized spacial score (nSPS) is 9.12. The van der Waals surface area contributed by atoms with E-state index in [1.54, 1.807) is 18.2 Å². The average molecular weight is 221 g/mol. The van der Waals surface area contributed by atoms with E-state index >= 15 is 0 Å². The van der Waals surface area contributed by atoms with Crippen LogP contribution in [0.2, 0.25) is 0 Å². The van der Waals surface area contributed by atoms with Gasteiger partial charge in [-0.25, -0.2) is 4.79 Å². The largest absolute Gasteiger partial charge is 0.496 e. The van der Waals surface area contributed by atoms with Gasteiger partial charge in [0.25, 0.3) is 0 Å². The number of benzene rings is 1. The maximum atomic E-state index is 11.4. The van der Waals surface area contributed by atoms with E-state index < -0.39 is 5.97 Å². The molecule has 0 N–H and O–H groups in total. The molecule has 0 aromatic heterocycles. The Labute approximate surface area is 92.4 Å². The lowest BCUT2D eigenvalue weighted by molar-refractivity contribution is 0.0515. The fraction of sp³-hybridized carbons (Fsp3) is 0.300. The van der Waals surface area contributed by atoms with Gasteiger partial charge in [-0.3, -0.25) is 0 Å². The molecule has 6 heteroatoms. The predicted molar refractivity (Wildman–Crippen MR) is 57.2 cm³/mol. The van der Waals surface area contributed by atoms with Crippen molar-refractivity contribution in [1.82, 2.24) is 0 Å². The maximum Gasteiger partial charge on any atom is 0.338 e. The van der Waals surface area contributed by atoms with E-state index in [4.69, 9.17) is 15.0 Å². The molecule has 1 aromatic rings. The third kappa shape index (κ3) is 2.90. The molecule has 0 aliphatic carbocycles. The Morgan fingerprint density at radius 1 is 1.56 bits per heavy atom. The number of hydrogen-bond donors (Lipinski definition) is 0. The van der Waals surface area contributed by atoms with Crippen LogP contribution in [0.1, 0.15) is 15.9 Å². The Hall–Kier alpha value is -2.20. The minimum atomic E-state index is -0.550. The number of esters is 1. The molecular weight excluding hydrogens is 210 g/mol. The Morgan fingerprint density at radius 3 is 2.94 bits per heavy atom. The van der Waals surface area contributed by atoms with Gasteiger partial charge in [-0.05, 0) is 30.2 Å². The molecule has 0 aliphatic heterocycles. The van der Waals surface area contributed by atoms with Crippen molar-refractivity contribution in [2.75, 3.05) is 13.8 Å². The second-order valence-corrected chi connectivity index (χ2v) is 2.98. The molecule has 0 bridgehead atoms. The van der Waals surface area contributed by atoms with Crippen LogP contribution in [-0.4, -0.2) is 19.8 Å². The zero-order valence-electron chi connectivity index (χ0n) is 9.01. The third-order valence-corrected chi connectivity index (χ3v) is 1.96. The van der Waals surface area contributed by atoms with Crippen molar-refractivity contribution in [3.63, 3.8) is 0 Å². The lowest BCUT2D eigenvalue weighted by Gasteiger charge is -2.06. The van der Waals surface area contributed by atoms with Crippen LogP contribution in [0.5, 0.6) is 5.75 Å². The van der Waals surface area contributed by atoms with Gasteiger partial charge in [-0.15, -0.1) is 0 Å². The van der Waals surface area contributed by atoms with Crippen molar-refractivity contribution in [1.29, 1.82) is 0 Å². The highest BCUT2D eigenvalue weighted by atomic mass is 16.5. The van der Waals surface area contributed by atoms with Gasteiger partial charge in [0.1, 0.15) is 5.75 Å². The minimum Gasteiger partial charge on any atom is -0.496 e. The zero-order valence-corrected chi connectivity index (χ0v) is 9.01. The maximum absolute atomic E-state index is 11.4. The number of ether oxygens (including phenoxy) is 2. The Morgan fingerprint density at radius 2 is 2.31 bits per heavy atom. The highest BCUT2D eigenvalue weighted by molar-refractivity contribution is 5.90. The molecule has 6 nitrogen and oxygen atoms in total. The molecule has 1 aromatic carbocycles. The van der Waals surface area contributed by atoms with Gasteiger partial charge >= 0.3 is 5.97 Å². The molecule has 84 valence electrons. The monoisotopic (exact) mass is 221 g/mol. The van der Waals surface area contributed by atoms with Crippen molar-refractivity contribution in [3.05, 3.63) is 39.8 Å². The number of methoxy groups -OCH3 is 1. The Kier molecular flexibility index (Phi) is 4.17. The second kappa shape index (κ2) is 5.63. The second-order valence-electron chi connectivity index (χ2n) is 2.98. The van der Waals surface area contributed by atoms with Crippen LogP contribution in [-0.2, 0) is 4.74 Å². The van der Waals surface area contributed by atoms with Gasteiger partial charge in [0, 0.05) is 4.91 Å². The minimum absolute atomic E-state index is 0.314. The standard InChI is InChI=1S/C10H11N3O3/c1-7-3-4-8(5-9(7)15-2)10(14)16-6-12-13-11/h3-5H,6H2,1-2H3. The molecule has 0 saturated heterocycles. The molecule has 0 unspecified atom stereocenters. The van der Waals surface area contributed by atoms with Gasteiger partial charge in [-0.2, -0.15) is 0 Å². The van der Waals surface area contributed by atoms with Crippen molar-refractivity contribution < 1.29 is 14.3 Å². The van der Waals surface area contributed by atoms with Gasteiger partial charge in [0.05, 0.1) is 12.7 Å². The lowest BCUT2D eigenvalue weighted by Crippen LogP contribution is -2.05. The van der Waals surface area contributed by atoms with Crippen LogP contribution in [0, 0.1) is 6.92 Å². The highest BCUT2D eigenvalue weighted by Gasteiger charge is 2.08. The summed E-state index contributed by atoms with van der Waals surface area (Å²) in [6.07, 6.45) is 0. The van der Waals surface area contributed by atoms with E-state index in [1.807, 2.05) is 6.92 Å². The van der Waals surface area contributed by atoms with Crippen LogP contribution in [0.25, 0.3) is 10.4 Å². The highest BCUT2D eigenvalue weighted by Crippen LogP contribution is 2.19. The number of carbonyl (C=O) groups is 1. The molecule has 16 heavy (non-hydrogen) atoms. The number of nitrogens with zero attached hydrogens (tertiary/aromatic N) is 3. The van der Waals surface area contributed by atoms with Crippen molar-refractivity contribution in [2.45, 2.75) is 6.92 Å². The molecule has 0 saturated carbocycles. The summed E-state index contributed by atoms with van der Waals surface area (Å²) < 4.78 is 9.76. The predicted octanol–water partition coefficient (Wildman–Crippen LogP) is 2.43. The summed E-state index contributed by atoms with van der Waals surface area (Å²) in [6, 6.07) is 4.95. The summed E-state index contributed by atoms with van der Waals surface area (Å²) in [5.41, 5.74) is 9.30. The van der Waals surface area contributed by atoms with E-state index in [9.17, 15) is 4.79 Å². The van der Waals surface area contributed by atoms with E-state index in [2.05, 4.69) is 10.0 Å². The third-order valence-electron chi connectivity index (χ3n) is 1.96. The van der Waals surface area contributed by atoms with Crippen LogP contribution >= 0.6 is 0 Å². The molecule has 0 heterocycles. The van der Waals surface area contributed by atoms with Crippen molar-refractivity contribution >= 4 is 5.97 Å². The van der Waals surface area contributed by atoms with Crippen molar-refractivity contribution in [3.8, 4) is 5.75 Å². The average Bonchev–Trinajstić information content (AvgIpc) is 2.30. The molecule has 0 radical (unpaired) electrons. The van der Waals surface area contributed by atoms with Gasteiger partial charge in [0.2, 0.25) is 0 Å². The summed E-state index contributed by atoms with van der Waals surface area (Å²) in [4.78, 5) is 13.9. The van der Waals surface area contributed by atoms with Crippen LogP contribution in [0.4, 0.5) is 0 Å². The number of aryl methyl sites for hydroxylation is 1. The number of hydrogen-bond acceptors (Lipinski definition) is 4. The molecule has 0 fully saturated rings. The lowest BCUT2D eigenvalue weighted by atomic mass is 10.1. The molecule has 0 aliphatic rings. The quantitative estimate of drug-likeness (QED) is 0.338. The van der Waals surface area contributed by atoms with Crippen molar-refractivity contribution in [2.24, 2.45) is 5.11 Å². The fourth-order valence-electron chi connectivity index (χ4n) is 1.14. The molecule has 1 rings (SSSR count). The number of rotatable bonds is 4. The summed E-state index contributed by atoms with van der Waals surface area (Å²) in [7, 11) is 1.53. The number of azide groups is 1. The van der Waals surface area contributed by atoms with Gasteiger partial charge in [-0.1, -0.05) is 11.2 Å². The topological polar surface area (TPSA) is 84.3 Å². The van der Waals surface area contributed by atoms with E-state index in [-0.39, 0.29) is 6.73 Å². The first-order valence-electron chi connectivity index (χ1n) is 4.51. The summed E-state index contributed by atoms with van der Waals surface area (Å²) >= 11 is 0. The summed E-state index contributed by atoms with van der Waals surface area (Å²) in [5, 5.41) is 3.10.